The van der Waals surface area contributed by atoms with Crippen molar-refractivity contribution in [1.82, 2.24) is 14.9 Å². The standard InChI is InChI=1S/C22H24N4O2/c1-26(15-18-7-4-3-5-8-18)22(27)20-14-21(25-16-24-20)23-12-11-17-9-6-10-19(13-17)28-2/h3-10,13-14,16H,11-12,15H2,1-2H3,(H,23,24,25). The van der Waals surface area contributed by atoms with E-state index in [0.29, 0.717) is 24.6 Å². The molecule has 3 rings (SSSR count). The number of hydrogen-bond donors (Lipinski definition) is 1. The molecular formula is C22H24N4O2. The molecule has 0 aliphatic rings. The molecule has 6 heteroatoms. The van der Waals surface area contributed by atoms with Gasteiger partial charge in [-0.05, 0) is 29.7 Å². The Kier molecular flexibility index (Phi) is 6.57. The summed E-state index contributed by atoms with van der Waals surface area (Å²) in [6.07, 6.45) is 2.23. The van der Waals surface area contributed by atoms with Gasteiger partial charge in [-0.1, -0.05) is 42.5 Å². The number of hydrogen-bond acceptors (Lipinski definition) is 5. The Bertz CT molecular complexity index is 915. The van der Waals surface area contributed by atoms with Gasteiger partial charge in [0.2, 0.25) is 0 Å². The van der Waals surface area contributed by atoms with Crippen LogP contribution in [0, 0.1) is 0 Å². The normalized spacial score (nSPS) is 10.4. The SMILES string of the molecule is COc1cccc(CCNc2cc(C(=O)N(C)Cc3ccccc3)ncn2)c1. The fraction of sp³-hybridized carbons (Fsp3) is 0.227. The second kappa shape index (κ2) is 9.50. The van der Waals surface area contributed by atoms with E-state index >= 15 is 0 Å². The number of ether oxygens (including phenoxy) is 1. The second-order valence-corrected chi connectivity index (χ2v) is 6.46. The van der Waals surface area contributed by atoms with Crippen LogP contribution in [0.2, 0.25) is 0 Å². The Morgan fingerprint density at radius 1 is 1.04 bits per heavy atom. The Morgan fingerprint density at radius 3 is 2.61 bits per heavy atom. The van der Waals surface area contributed by atoms with Crippen LogP contribution in [0.25, 0.3) is 0 Å². The third-order valence-corrected chi connectivity index (χ3v) is 4.35. The Hall–Kier alpha value is -3.41. The average Bonchev–Trinajstić information content (AvgIpc) is 2.74. The summed E-state index contributed by atoms with van der Waals surface area (Å²) in [6, 6.07) is 19.5. The number of methoxy groups -OCH3 is 1. The Morgan fingerprint density at radius 2 is 1.82 bits per heavy atom. The third-order valence-electron chi connectivity index (χ3n) is 4.35. The van der Waals surface area contributed by atoms with Gasteiger partial charge in [0, 0.05) is 26.2 Å². The summed E-state index contributed by atoms with van der Waals surface area (Å²) in [7, 11) is 3.43. The van der Waals surface area contributed by atoms with E-state index in [9.17, 15) is 4.79 Å². The number of carbonyl (C=O) groups excluding carboxylic acids is 1. The number of carbonyl (C=O) groups is 1. The van der Waals surface area contributed by atoms with E-state index < -0.39 is 0 Å². The molecule has 0 aliphatic carbocycles. The van der Waals surface area contributed by atoms with E-state index in [0.717, 1.165) is 17.7 Å². The topological polar surface area (TPSA) is 67.3 Å². The number of nitrogens with zero attached hydrogens (tertiary/aromatic N) is 3. The Labute approximate surface area is 165 Å². The van der Waals surface area contributed by atoms with Crippen molar-refractivity contribution in [2.45, 2.75) is 13.0 Å². The zero-order valence-corrected chi connectivity index (χ0v) is 16.1. The maximum Gasteiger partial charge on any atom is 0.272 e. The van der Waals surface area contributed by atoms with Gasteiger partial charge >= 0.3 is 0 Å². The summed E-state index contributed by atoms with van der Waals surface area (Å²) in [5.74, 6) is 1.34. The molecule has 1 N–H and O–H groups in total. The van der Waals surface area contributed by atoms with E-state index in [1.54, 1.807) is 25.1 Å². The largest absolute Gasteiger partial charge is 0.497 e. The van der Waals surface area contributed by atoms with Crippen LogP contribution in [0.3, 0.4) is 0 Å². The molecule has 2 aromatic carbocycles. The lowest BCUT2D eigenvalue weighted by atomic mass is 10.1. The lowest BCUT2D eigenvalue weighted by Crippen LogP contribution is -2.27. The Balaban J connectivity index is 1.57. The molecule has 1 aromatic heterocycles. The predicted octanol–water partition coefficient (Wildman–Crippen LogP) is 3.41. The van der Waals surface area contributed by atoms with E-state index in [2.05, 4.69) is 21.4 Å². The van der Waals surface area contributed by atoms with Crippen molar-refractivity contribution in [1.29, 1.82) is 0 Å². The predicted molar refractivity (Wildman–Crippen MR) is 109 cm³/mol. The summed E-state index contributed by atoms with van der Waals surface area (Å²) < 4.78 is 5.24. The van der Waals surface area contributed by atoms with Crippen molar-refractivity contribution in [2.24, 2.45) is 0 Å². The fourth-order valence-electron chi connectivity index (χ4n) is 2.86. The van der Waals surface area contributed by atoms with Crippen LogP contribution in [0.4, 0.5) is 5.82 Å². The molecule has 144 valence electrons. The maximum absolute atomic E-state index is 12.7. The van der Waals surface area contributed by atoms with Crippen molar-refractivity contribution < 1.29 is 9.53 Å². The monoisotopic (exact) mass is 376 g/mol. The zero-order chi connectivity index (χ0) is 19.8. The molecule has 0 unspecified atom stereocenters. The van der Waals surface area contributed by atoms with Gasteiger partial charge in [0.1, 0.15) is 23.6 Å². The van der Waals surface area contributed by atoms with Crippen LogP contribution in [-0.2, 0) is 13.0 Å². The smallest absolute Gasteiger partial charge is 0.272 e. The molecule has 0 saturated heterocycles. The first-order valence-electron chi connectivity index (χ1n) is 9.14. The van der Waals surface area contributed by atoms with E-state index in [4.69, 9.17) is 4.74 Å². The first kappa shape index (κ1) is 19.4. The lowest BCUT2D eigenvalue weighted by Gasteiger charge is -2.17. The van der Waals surface area contributed by atoms with Gasteiger partial charge < -0.3 is 15.0 Å². The van der Waals surface area contributed by atoms with Gasteiger partial charge in [-0.15, -0.1) is 0 Å². The van der Waals surface area contributed by atoms with E-state index in [1.165, 1.54) is 11.9 Å². The summed E-state index contributed by atoms with van der Waals surface area (Å²) >= 11 is 0. The summed E-state index contributed by atoms with van der Waals surface area (Å²) in [5.41, 5.74) is 2.61. The lowest BCUT2D eigenvalue weighted by molar-refractivity contribution is 0.0779. The van der Waals surface area contributed by atoms with Crippen LogP contribution in [0.1, 0.15) is 21.6 Å². The quantitative estimate of drug-likeness (QED) is 0.653. The molecular weight excluding hydrogens is 352 g/mol. The summed E-state index contributed by atoms with van der Waals surface area (Å²) in [6.45, 7) is 1.22. The summed E-state index contributed by atoms with van der Waals surface area (Å²) in [5, 5.41) is 3.25. The van der Waals surface area contributed by atoms with Gasteiger partial charge in [-0.3, -0.25) is 4.79 Å². The molecule has 6 nitrogen and oxygen atoms in total. The molecule has 1 amide bonds. The van der Waals surface area contributed by atoms with Crippen LogP contribution in [-0.4, -0.2) is 41.5 Å². The highest BCUT2D eigenvalue weighted by Gasteiger charge is 2.14. The highest BCUT2D eigenvalue weighted by Crippen LogP contribution is 2.14. The molecule has 0 fully saturated rings. The van der Waals surface area contributed by atoms with Crippen molar-refractivity contribution in [2.75, 3.05) is 26.0 Å². The van der Waals surface area contributed by atoms with Gasteiger partial charge in [0.15, 0.2) is 0 Å². The van der Waals surface area contributed by atoms with Crippen molar-refractivity contribution >= 4 is 11.7 Å². The molecule has 0 saturated carbocycles. The number of aromatic nitrogens is 2. The highest BCUT2D eigenvalue weighted by atomic mass is 16.5. The number of nitrogens with one attached hydrogen (secondary N) is 1. The second-order valence-electron chi connectivity index (χ2n) is 6.46. The van der Waals surface area contributed by atoms with Gasteiger partial charge in [0.25, 0.3) is 5.91 Å². The van der Waals surface area contributed by atoms with Gasteiger partial charge in [-0.2, -0.15) is 0 Å². The van der Waals surface area contributed by atoms with Gasteiger partial charge in [-0.25, -0.2) is 9.97 Å². The minimum atomic E-state index is -0.137. The molecule has 0 aliphatic heterocycles. The zero-order valence-electron chi connectivity index (χ0n) is 16.1. The number of amides is 1. The third kappa shape index (κ3) is 5.30. The van der Waals surface area contributed by atoms with E-state index in [1.807, 2.05) is 48.5 Å². The van der Waals surface area contributed by atoms with Crippen LogP contribution in [0.5, 0.6) is 5.75 Å². The minimum absolute atomic E-state index is 0.137. The molecule has 0 radical (unpaired) electrons. The van der Waals surface area contributed by atoms with Gasteiger partial charge in [0.05, 0.1) is 7.11 Å². The number of benzene rings is 2. The highest BCUT2D eigenvalue weighted by molar-refractivity contribution is 5.92. The van der Waals surface area contributed by atoms with Crippen LogP contribution >= 0.6 is 0 Å². The van der Waals surface area contributed by atoms with Crippen LogP contribution < -0.4 is 10.1 Å². The average molecular weight is 376 g/mol. The van der Waals surface area contributed by atoms with Crippen molar-refractivity contribution in [3.05, 3.63) is 83.8 Å². The molecule has 1 heterocycles. The van der Waals surface area contributed by atoms with E-state index in [-0.39, 0.29) is 5.91 Å². The molecule has 3 aromatic rings. The van der Waals surface area contributed by atoms with Crippen LogP contribution in [0.15, 0.2) is 67.0 Å². The molecule has 28 heavy (non-hydrogen) atoms. The molecule has 0 bridgehead atoms. The first-order valence-corrected chi connectivity index (χ1v) is 9.14. The maximum atomic E-state index is 12.7. The molecule has 0 atom stereocenters. The minimum Gasteiger partial charge on any atom is -0.497 e. The number of rotatable bonds is 8. The van der Waals surface area contributed by atoms with Crippen molar-refractivity contribution in [3.8, 4) is 5.75 Å². The summed E-state index contributed by atoms with van der Waals surface area (Å²) in [4.78, 5) is 22.7. The van der Waals surface area contributed by atoms with Crippen molar-refractivity contribution in [3.63, 3.8) is 0 Å². The number of anilines is 1. The molecule has 0 spiro atoms. The fourth-order valence-corrected chi connectivity index (χ4v) is 2.86. The first-order chi connectivity index (χ1) is 13.7.